The Labute approximate surface area is 129 Å². The second-order valence-corrected chi connectivity index (χ2v) is 6.57. The highest BCUT2D eigenvalue weighted by molar-refractivity contribution is 6.06. The quantitative estimate of drug-likeness (QED) is 0.852. The first-order valence-corrected chi connectivity index (χ1v) is 7.70. The average molecular weight is 306 g/mol. The molecule has 3 heterocycles. The van der Waals surface area contributed by atoms with E-state index in [2.05, 4.69) is 15.4 Å². The van der Waals surface area contributed by atoms with Crippen LogP contribution in [-0.4, -0.2) is 52.1 Å². The predicted octanol–water partition coefficient (Wildman–Crippen LogP) is 1.45. The molecule has 120 valence electrons. The molecule has 0 radical (unpaired) electrons. The minimum atomic E-state index is -0.801. The van der Waals surface area contributed by atoms with E-state index in [-0.39, 0.29) is 18.0 Å². The number of aryl methyl sites for hydroxylation is 1. The van der Waals surface area contributed by atoms with Gasteiger partial charge in [-0.2, -0.15) is 0 Å². The molecule has 2 saturated heterocycles. The standard InChI is InChI=1S/C15H22N4O3/c1-10-9-11(17-22-10)12-5-4-6-18(12)7-8-19-13(20)15(2,3)16-14(19)21/h9,12H,4-8H2,1-3H3,(H,16,21)/t12-/m0/s1. The predicted molar refractivity (Wildman–Crippen MR) is 79.1 cm³/mol. The molecule has 1 aromatic heterocycles. The van der Waals surface area contributed by atoms with E-state index < -0.39 is 5.54 Å². The maximum Gasteiger partial charge on any atom is 0.325 e. The van der Waals surface area contributed by atoms with Crippen molar-refractivity contribution in [1.29, 1.82) is 0 Å². The third-order valence-electron chi connectivity index (χ3n) is 4.41. The highest BCUT2D eigenvalue weighted by Crippen LogP contribution is 2.31. The molecule has 0 unspecified atom stereocenters. The summed E-state index contributed by atoms with van der Waals surface area (Å²) in [5, 5.41) is 6.81. The van der Waals surface area contributed by atoms with Crippen LogP contribution in [0.1, 0.15) is 44.2 Å². The second-order valence-electron chi connectivity index (χ2n) is 6.57. The van der Waals surface area contributed by atoms with E-state index in [1.54, 1.807) is 13.8 Å². The van der Waals surface area contributed by atoms with Crippen LogP contribution in [0.15, 0.2) is 10.6 Å². The Morgan fingerprint density at radius 1 is 1.41 bits per heavy atom. The second kappa shape index (κ2) is 5.39. The number of hydrogen-bond donors (Lipinski definition) is 1. The largest absolute Gasteiger partial charge is 0.361 e. The van der Waals surface area contributed by atoms with Gasteiger partial charge in [0, 0.05) is 19.2 Å². The maximum absolute atomic E-state index is 12.2. The Balaban J connectivity index is 1.64. The van der Waals surface area contributed by atoms with Gasteiger partial charge in [-0.15, -0.1) is 0 Å². The Hall–Kier alpha value is -1.89. The monoisotopic (exact) mass is 306 g/mol. The summed E-state index contributed by atoms with van der Waals surface area (Å²) in [7, 11) is 0. The van der Waals surface area contributed by atoms with Crippen molar-refractivity contribution >= 4 is 11.9 Å². The summed E-state index contributed by atoms with van der Waals surface area (Å²) in [5.41, 5.74) is 0.137. The molecule has 2 fully saturated rings. The molecule has 0 bridgehead atoms. The van der Waals surface area contributed by atoms with Crippen LogP contribution in [0.25, 0.3) is 0 Å². The van der Waals surface area contributed by atoms with E-state index in [0.29, 0.717) is 13.1 Å². The lowest BCUT2D eigenvalue weighted by molar-refractivity contribution is -0.130. The normalized spacial score (nSPS) is 25.0. The van der Waals surface area contributed by atoms with Crippen LogP contribution in [0, 0.1) is 6.92 Å². The van der Waals surface area contributed by atoms with Crippen molar-refractivity contribution in [2.45, 2.75) is 45.2 Å². The minimum Gasteiger partial charge on any atom is -0.361 e. The lowest BCUT2D eigenvalue weighted by atomic mass is 10.1. The summed E-state index contributed by atoms with van der Waals surface area (Å²) in [5.74, 6) is 0.642. The van der Waals surface area contributed by atoms with Gasteiger partial charge >= 0.3 is 6.03 Å². The van der Waals surface area contributed by atoms with Crippen molar-refractivity contribution in [1.82, 2.24) is 20.3 Å². The first kappa shape index (κ1) is 15.0. The van der Waals surface area contributed by atoms with E-state index in [1.165, 1.54) is 4.90 Å². The topological polar surface area (TPSA) is 78.7 Å². The molecule has 0 aromatic carbocycles. The molecule has 0 spiro atoms. The molecular weight excluding hydrogens is 284 g/mol. The molecule has 0 saturated carbocycles. The van der Waals surface area contributed by atoms with E-state index >= 15 is 0 Å². The first-order valence-electron chi connectivity index (χ1n) is 7.70. The van der Waals surface area contributed by atoms with Crippen LogP contribution in [0.2, 0.25) is 0 Å². The van der Waals surface area contributed by atoms with Crippen LogP contribution >= 0.6 is 0 Å². The molecule has 1 aromatic rings. The van der Waals surface area contributed by atoms with Gasteiger partial charge in [0.25, 0.3) is 5.91 Å². The molecule has 22 heavy (non-hydrogen) atoms. The van der Waals surface area contributed by atoms with Crippen molar-refractivity contribution in [3.63, 3.8) is 0 Å². The third kappa shape index (κ3) is 2.61. The molecule has 1 N–H and O–H groups in total. The highest BCUT2D eigenvalue weighted by Gasteiger charge is 2.44. The van der Waals surface area contributed by atoms with Crippen molar-refractivity contribution in [3.05, 3.63) is 17.5 Å². The molecule has 1 atom stereocenters. The van der Waals surface area contributed by atoms with Crippen LogP contribution in [0.3, 0.4) is 0 Å². The molecular formula is C15H22N4O3. The van der Waals surface area contributed by atoms with Crippen LogP contribution in [0.5, 0.6) is 0 Å². The Kier molecular flexibility index (Phi) is 3.68. The molecule has 3 rings (SSSR count). The van der Waals surface area contributed by atoms with Gasteiger partial charge in [0.1, 0.15) is 17.0 Å². The van der Waals surface area contributed by atoms with Gasteiger partial charge in [-0.3, -0.25) is 14.6 Å². The van der Waals surface area contributed by atoms with Gasteiger partial charge in [0.05, 0.1) is 6.04 Å². The van der Waals surface area contributed by atoms with Crippen LogP contribution in [-0.2, 0) is 4.79 Å². The SMILES string of the molecule is Cc1cc([C@@H]2CCCN2CCN2C(=O)NC(C)(C)C2=O)no1. The highest BCUT2D eigenvalue weighted by atomic mass is 16.5. The summed E-state index contributed by atoms with van der Waals surface area (Å²) in [6.45, 7) is 7.34. The molecule has 2 aliphatic rings. The van der Waals surface area contributed by atoms with Crippen LogP contribution in [0.4, 0.5) is 4.79 Å². The van der Waals surface area contributed by atoms with Crippen molar-refractivity contribution in [2.24, 2.45) is 0 Å². The number of carbonyl (C=O) groups excluding carboxylic acids is 2. The van der Waals surface area contributed by atoms with Gasteiger partial charge in [-0.05, 0) is 40.2 Å². The van der Waals surface area contributed by atoms with E-state index in [1.807, 2.05) is 13.0 Å². The smallest absolute Gasteiger partial charge is 0.325 e. The number of nitrogens with one attached hydrogen (secondary N) is 1. The van der Waals surface area contributed by atoms with Crippen LogP contribution < -0.4 is 5.32 Å². The number of nitrogens with zero attached hydrogens (tertiary/aromatic N) is 3. The minimum absolute atomic E-state index is 0.162. The van der Waals surface area contributed by atoms with Gasteiger partial charge in [0.2, 0.25) is 0 Å². The summed E-state index contributed by atoms with van der Waals surface area (Å²) in [6.07, 6.45) is 2.11. The zero-order valence-electron chi connectivity index (χ0n) is 13.3. The Bertz CT molecular complexity index is 595. The molecule has 0 aliphatic carbocycles. The van der Waals surface area contributed by atoms with Gasteiger partial charge in [0.15, 0.2) is 0 Å². The van der Waals surface area contributed by atoms with E-state index in [0.717, 1.165) is 30.8 Å². The summed E-state index contributed by atoms with van der Waals surface area (Å²) in [6, 6.07) is 1.87. The third-order valence-corrected chi connectivity index (χ3v) is 4.41. The zero-order valence-corrected chi connectivity index (χ0v) is 13.3. The lowest BCUT2D eigenvalue weighted by Crippen LogP contribution is -2.41. The first-order chi connectivity index (χ1) is 10.4. The number of rotatable bonds is 4. The van der Waals surface area contributed by atoms with Crippen molar-refractivity contribution < 1.29 is 14.1 Å². The number of aromatic nitrogens is 1. The number of amides is 3. The number of imide groups is 1. The fourth-order valence-corrected chi connectivity index (χ4v) is 3.22. The number of urea groups is 1. The Morgan fingerprint density at radius 2 is 2.18 bits per heavy atom. The fraction of sp³-hybridized carbons (Fsp3) is 0.667. The summed E-state index contributed by atoms with van der Waals surface area (Å²) < 4.78 is 5.16. The fourth-order valence-electron chi connectivity index (χ4n) is 3.22. The number of likely N-dealkylation sites (tertiary alicyclic amines) is 1. The van der Waals surface area contributed by atoms with E-state index in [9.17, 15) is 9.59 Å². The van der Waals surface area contributed by atoms with Gasteiger partial charge in [-0.1, -0.05) is 5.16 Å². The molecule has 7 heteroatoms. The lowest BCUT2D eigenvalue weighted by Gasteiger charge is -2.24. The number of hydrogen-bond acceptors (Lipinski definition) is 5. The van der Waals surface area contributed by atoms with Gasteiger partial charge < -0.3 is 9.84 Å². The zero-order chi connectivity index (χ0) is 15.9. The molecule has 7 nitrogen and oxygen atoms in total. The maximum atomic E-state index is 12.2. The van der Waals surface area contributed by atoms with Gasteiger partial charge in [-0.25, -0.2) is 4.79 Å². The molecule has 3 amide bonds. The van der Waals surface area contributed by atoms with E-state index in [4.69, 9.17) is 4.52 Å². The number of carbonyl (C=O) groups is 2. The van der Waals surface area contributed by atoms with Crippen molar-refractivity contribution in [2.75, 3.05) is 19.6 Å². The average Bonchev–Trinajstić information content (AvgIpc) is 3.10. The Morgan fingerprint density at radius 3 is 2.77 bits per heavy atom. The molecule has 2 aliphatic heterocycles. The summed E-state index contributed by atoms with van der Waals surface area (Å²) >= 11 is 0. The van der Waals surface area contributed by atoms with Crippen molar-refractivity contribution in [3.8, 4) is 0 Å². The summed E-state index contributed by atoms with van der Waals surface area (Å²) in [4.78, 5) is 27.7.